The lowest BCUT2D eigenvalue weighted by molar-refractivity contribution is -0.141. The maximum absolute atomic E-state index is 13.6. The van der Waals surface area contributed by atoms with Gasteiger partial charge in [0.25, 0.3) is 5.91 Å². The van der Waals surface area contributed by atoms with E-state index in [1.54, 1.807) is 0 Å². The zero-order valence-electron chi connectivity index (χ0n) is 11.6. The van der Waals surface area contributed by atoms with Gasteiger partial charge in [0.15, 0.2) is 5.60 Å². The Hall–Kier alpha value is -2.80. The first-order valence-corrected chi connectivity index (χ1v) is 6.85. The van der Waals surface area contributed by atoms with Crippen molar-refractivity contribution in [2.24, 2.45) is 0 Å². The number of halogens is 2. The number of anilines is 2. The third kappa shape index (κ3) is 1.74. The number of fused-ring (bicyclic) bond motifs is 2. The Morgan fingerprint density at radius 3 is 2.35 bits per heavy atom. The Kier molecular flexibility index (Phi) is 2.62. The third-order valence-corrected chi connectivity index (χ3v) is 4.25. The molecule has 0 saturated heterocycles. The van der Waals surface area contributed by atoms with Gasteiger partial charge in [-0.2, -0.15) is 0 Å². The molecule has 0 spiro atoms. The second-order valence-corrected chi connectivity index (χ2v) is 5.56. The van der Waals surface area contributed by atoms with E-state index in [-0.39, 0.29) is 16.8 Å². The number of amides is 2. The molecule has 2 aliphatic heterocycles. The fourth-order valence-corrected chi connectivity index (χ4v) is 3.21. The number of rotatable bonds is 1. The molecule has 2 aromatic carbocycles. The fraction of sp³-hybridized carbons (Fsp3) is 0.125. The Bertz CT molecular complexity index is 884. The highest BCUT2D eigenvalue weighted by Crippen LogP contribution is 2.50. The van der Waals surface area contributed by atoms with Crippen molar-refractivity contribution in [1.29, 1.82) is 0 Å². The highest BCUT2D eigenvalue weighted by molar-refractivity contribution is 6.13. The van der Waals surface area contributed by atoms with Crippen LogP contribution in [-0.4, -0.2) is 16.9 Å². The van der Waals surface area contributed by atoms with Crippen LogP contribution in [0.1, 0.15) is 17.0 Å². The van der Waals surface area contributed by atoms with Crippen LogP contribution >= 0.6 is 0 Å². The van der Waals surface area contributed by atoms with Crippen LogP contribution < -0.4 is 10.6 Å². The normalized spacial score (nSPS) is 24.9. The first-order valence-electron chi connectivity index (χ1n) is 6.85. The molecule has 2 aliphatic rings. The van der Waals surface area contributed by atoms with Gasteiger partial charge < -0.3 is 15.7 Å². The highest BCUT2D eigenvalue weighted by Gasteiger charge is 2.57. The first kappa shape index (κ1) is 13.8. The van der Waals surface area contributed by atoms with Gasteiger partial charge in [0.05, 0.1) is 0 Å². The SMILES string of the molecule is O=C1Nc2ccc(F)cc2C1C1(O)C(=O)Nc2ccc(F)cc21. The zero-order valence-corrected chi connectivity index (χ0v) is 11.6. The largest absolute Gasteiger partial charge is 0.374 e. The molecule has 0 bridgehead atoms. The predicted octanol–water partition coefficient (Wildman–Crippen LogP) is 1.84. The van der Waals surface area contributed by atoms with E-state index in [1.807, 2.05) is 0 Å². The summed E-state index contributed by atoms with van der Waals surface area (Å²) in [5.74, 6) is -4.13. The molecular weight excluding hydrogens is 306 g/mol. The fourth-order valence-electron chi connectivity index (χ4n) is 3.21. The van der Waals surface area contributed by atoms with E-state index >= 15 is 0 Å². The minimum absolute atomic E-state index is 0.0419. The van der Waals surface area contributed by atoms with Gasteiger partial charge in [-0.25, -0.2) is 8.78 Å². The molecule has 7 heteroatoms. The van der Waals surface area contributed by atoms with Crippen molar-refractivity contribution in [1.82, 2.24) is 0 Å². The van der Waals surface area contributed by atoms with Gasteiger partial charge in [-0.15, -0.1) is 0 Å². The lowest BCUT2D eigenvalue weighted by Gasteiger charge is -2.26. The van der Waals surface area contributed by atoms with Crippen molar-refractivity contribution in [2.75, 3.05) is 10.6 Å². The standard InChI is InChI=1S/C16H10F2N2O3/c17-7-1-3-11-9(5-7)13(14(21)19-11)16(23)10-6-8(18)2-4-12(10)20-15(16)22/h1-6,13,23H,(H,19,21)(H,20,22). The second-order valence-electron chi connectivity index (χ2n) is 5.56. The van der Waals surface area contributed by atoms with Crippen LogP contribution in [0.15, 0.2) is 36.4 Å². The van der Waals surface area contributed by atoms with Crippen molar-refractivity contribution < 1.29 is 23.5 Å². The Morgan fingerprint density at radius 1 is 0.957 bits per heavy atom. The molecule has 0 radical (unpaired) electrons. The number of carbonyl (C=O) groups excluding carboxylic acids is 2. The number of aliphatic hydroxyl groups is 1. The highest BCUT2D eigenvalue weighted by atomic mass is 19.1. The Labute approximate surface area is 128 Å². The van der Waals surface area contributed by atoms with Crippen LogP contribution in [0.3, 0.4) is 0 Å². The molecule has 0 saturated carbocycles. The summed E-state index contributed by atoms with van der Waals surface area (Å²) in [5, 5.41) is 15.9. The van der Waals surface area contributed by atoms with Crippen LogP contribution in [0.2, 0.25) is 0 Å². The van der Waals surface area contributed by atoms with E-state index in [9.17, 15) is 23.5 Å². The lowest BCUT2D eigenvalue weighted by Crippen LogP contribution is -2.43. The molecule has 4 rings (SSSR count). The van der Waals surface area contributed by atoms with E-state index in [4.69, 9.17) is 0 Å². The van der Waals surface area contributed by atoms with E-state index < -0.39 is 35.0 Å². The molecule has 116 valence electrons. The summed E-state index contributed by atoms with van der Waals surface area (Å²) in [6.07, 6.45) is 0. The molecule has 0 aromatic heterocycles. The van der Waals surface area contributed by atoms with Crippen molar-refractivity contribution >= 4 is 23.2 Å². The van der Waals surface area contributed by atoms with Crippen molar-refractivity contribution in [3.05, 3.63) is 59.2 Å². The minimum atomic E-state index is -2.30. The predicted molar refractivity (Wildman–Crippen MR) is 76.7 cm³/mol. The molecule has 23 heavy (non-hydrogen) atoms. The summed E-state index contributed by atoms with van der Waals surface area (Å²) in [4.78, 5) is 24.6. The molecule has 2 amide bonds. The van der Waals surface area contributed by atoms with Crippen LogP contribution in [-0.2, 0) is 15.2 Å². The molecule has 2 aromatic rings. The summed E-state index contributed by atoms with van der Waals surface area (Å²) in [6, 6.07) is 7.03. The van der Waals surface area contributed by atoms with Crippen molar-refractivity contribution in [3.63, 3.8) is 0 Å². The van der Waals surface area contributed by atoms with Gasteiger partial charge in [-0.05, 0) is 42.0 Å². The van der Waals surface area contributed by atoms with Crippen LogP contribution in [0.25, 0.3) is 0 Å². The van der Waals surface area contributed by atoms with Gasteiger partial charge >= 0.3 is 0 Å². The van der Waals surface area contributed by atoms with Crippen LogP contribution in [0.5, 0.6) is 0 Å². The molecule has 2 heterocycles. The van der Waals surface area contributed by atoms with Gasteiger partial charge in [0.2, 0.25) is 5.91 Å². The molecule has 2 atom stereocenters. The number of hydrogen-bond donors (Lipinski definition) is 3. The molecule has 2 unspecified atom stereocenters. The van der Waals surface area contributed by atoms with Crippen LogP contribution in [0.4, 0.5) is 20.2 Å². The summed E-state index contributed by atoms with van der Waals surface area (Å²) in [7, 11) is 0. The Morgan fingerprint density at radius 2 is 1.61 bits per heavy atom. The smallest absolute Gasteiger partial charge is 0.262 e. The molecule has 5 nitrogen and oxygen atoms in total. The lowest BCUT2D eigenvalue weighted by atomic mass is 9.78. The van der Waals surface area contributed by atoms with E-state index in [0.717, 1.165) is 24.3 Å². The van der Waals surface area contributed by atoms with Gasteiger partial charge in [0.1, 0.15) is 17.6 Å². The summed E-state index contributed by atoms with van der Waals surface area (Å²) in [6.45, 7) is 0. The van der Waals surface area contributed by atoms with Gasteiger partial charge in [0, 0.05) is 16.9 Å². The minimum Gasteiger partial charge on any atom is -0.374 e. The van der Waals surface area contributed by atoms with E-state index in [1.165, 1.54) is 12.1 Å². The molecule has 3 N–H and O–H groups in total. The number of carbonyl (C=O) groups is 2. The average molecular weight is 316 g/mol. The van der Waals surface area contributed by atoms with E-state index in [2.05, 4.69) is 10.6 Å². The first-order chi connectivity index (χ1) is 10.9. The zero-order chi connectivity index (χ0) is 16.4. The summed E-state index contributed by atoms with van der Waals surface area (Å²) < 4.78 is 27.1. The van der Waals surface area contributed by atoms with Gasteiger partial charge in [-0.3, -0.25) is 9.59 Å². The maximum Gasteiger partial charge on any atom is 0.262 e. The van der Waals surface area contributed by atoms with Crippen LogP contribution in [0, 0.1) is 11.6 Å². The topological polar surface area (TPSA) is 78.4 Å². The third-order valence-electron chi connectivity index (χ3n) is 4.25. The van der Waals surface area contributed by atoms with Crippen molar-refractivity contribution in [3.8, 4) is 0 Å². The Balaban J connectivity index is 1.95. The molecular formula is C16H10F2N2O3. The van der Waals surface area contributed by atoms with Crippen molar-refractivity contribution in [2.45, 2.75) is 11.5 Å². The monoisotopic (exact) mass is 316 g/mol. The number of benzene rings is 2. The molecule has 0 fully saturated rings. The quantitative estimate of drug-likeness (QED) is 0.751. The maximum atomic E-state index is 13.6. The van der Waals surface area contributed by atoms with E-state index in [0.29, 0.717) is 5.69 Å². The summed E-state index contributed by atoms with van der Waals surface area (Å²) >= 11 is 0. The summed E-state index contributed by atoms with van der Waals surface area (Å²) in [5.41, 5.74) is -1.66. The average Bonchev–Trinajstić information content (AvgIpc) is 2.95. The molecule has 0 aliphatic carbocycles. The van der Waals surface area contributed by atoms with Gasteiger partial charge in [-0.1, -0.05) is 0 Å². The number of nitrogens with one attached hydrogen (secondary N) is 2. The second kappa shape index (κ2) is 4.36. The number of hydrogen-bond acceptors (Lipinski definition) is 3.